The van der Waals surface area contributed by atoms with Crippen LogP contribution in [0, 0.1) is 0 Å². The maximum absolute atomic E-state index is 12.1. The monoisotopic (exact) mass is 365 g/mol. The van der Waals surface area contributed by atoms with Crippen LogP contribution in [-0.2, 0) is 4.79 Å². The van der Waals surface area contributed by atoms with Gasteiger partial charge in [0.2, 0.25) is 5.91 Å². The number of nitrogens with one attached hydrogen (secondary N) is 1. The predicted octanol–water partition coefficient (Wildman–Crippen LogP) is 2.68. The zero-order chi connectivity index (χ0) is 14.8. The molecule has 1 N–H and O–H groups in total. The van der Waals surface area contributed by atoms with Crippen molar-refractivity contribution in [3.63, 3.8) is 0 Å². The summed E-state index contributed by atoms with van der Waals surface area (Å²) < 4.78 is 2.56. The van der Waals surface area contributed by atoms with E-state index in [1.54, 1.807) is 4.57 Å². The van der Waals surface area contributed by atoms with Gasteiger partial charge in [0, 0.05) is 34.6 Å². The number of fused-ring (bicyclic) bond motifs is 1. The second-order valence-electron chi connectivity index (χ2n) is 4.66. The average molecular weight is 366 g/mol. The first kappa shape index (κ1) is 14.3. The summed E-state index contributed by atoms with van der Waals surface area (Å²) in [4.78, 5) is 28.1. The maximum atomic E-state index is 12.1. The van der Waals surface area contributed by atoms with E-state index in [2.05, 4.69) is 26.2 Å². The van der Waals surface area contributed by atoms with Gasteiger partial charge in [0.05, 0.1) is 6.04 Å². The number of thioether (sulfide) groups is 1. The Labute approximate surface area is 133 Å². The van der Waals surface area contributed by atoms with Gasteiger partial charge in [0.1, 0.15) is 0 Å². The molecule has 108 valence electrons. The topological polar surface area (TPSA) is 64.0 Å². The number of carbonyl (C=O) groups is 1. The molecule has 2 aromatic rings. The van der Waals surface area contributed by atoms with Gasteiger partial charge in [-0.15, -0.1) is 0 Å². The SMILES string of the molecule is O=C(CC1CSc2nccc(=O)n21)Nc1ccc(Br)cc1. The van der Waals surface area contributed by atoms with Gasteiger partial charge in [-0.3, -0.25) is 14.2 Å². The van der Waals surface area contributed by atoms with Crippen molar-refractivity contribution < 1.29 is 4.79 Å². The number of anilines is 1. The lowest BCUT2D eigenvalue weighted by Crippen LogP contribution is -2.26. The Morgan fingerprint density at radius 1 is 1.38 bits per heavy atom. The van der Waals surface area contributed by atoms with E-state index in [1.807, 2.05) is 24.3 Å². The predicted molar refractivity (Wildman–Crippen MR) is 85.6 cm³/mol. The van der Waals surface area contributed by atoms with E-state index in [-0.39, 0.29) is 23.9 Å². The van der Waals surface area contributed by atoms with Gasteiger partial charge < -0.3 is 5.32 Å². The lowest BCUT2D eigenvalue weighted by atomic mass is 10.2. The third-order valence-corrected chi connectivity index (χ3v) is 4.80. The van der Waals surface area contributed by atoms with Crippen LogP contribution in [0.25, 0.3) is 0 Å². The number of hydrogen-bond acceptors (Lipinski definition) is 4. The van der Waals surface area contributed by atoms with E-state index in [1.165, 1.54) is 24.0 Å². The van der Waals surface area contributed by atoms with Gasteiger partial charge in [-0.25, -0.2) is 4.98 Å². The minimum absolute atomic E-state index is 0.105. The van der Waals surface area contributed by atoms with Crippen molar-refractivity contribution in [2.24, 2.45) is 0 Å². The smallest absolute Gasteiger partial charge is 0.254 e. The molecule has 0 saturated carbocycles. The van der Waals surface area contributed by atoms with Crippen LogP contribution in [0.3, 0.4) is 0 Å². The molecule has 0 aliphatic carbocycles. The summed E-state index contributed by atoms with van der Waals surface area (Å²) in [5.74, 6) is 0.589. The highest BCUT2D eigenvalue weighted by atomic mass is 79.9. The molecule has 1 aliphatic rings. The fourth-order valence-electron chi connectivity index (χ4n) is 2.20. The summed E-state index contributed by atoms with van der Waals surface area (Å²) in [5.41, 5.74) is 0.638. The van der Waals surface area contributed by atoms with Crippen LogP contribution in [0.2, 0.25) is 0 Å². The van der Waals surface area contributed by atoms with Gasteiger partial charge in [-0.05, 0) is 24.3 Å². The highest BCUT2D eigenvalue weighted by molar-refractivity contribution is 9.10. The molecule has 1 aromatic heterocycles. The van der Waals surface area contributed by atoms with E-state index in [0.717, 1.165) is 10.2 Å². The van der Waals surface area contributed by atoms with Crippen molar-refractivity contribution >= 4 is 39.3 Å². The molecule has 7 heteroatoms. The summed E-state index contributed by atoms with van der Waals surface area (Å²) in [6.45, 7) is 0. The zero-order valence-electron chi connectivity index (χ0n) is 11.0. The minimum Gasteiger partial charge on any atom is -0.326 e. The summed E-state index contributed by atoms with van der Waals surface area (Å²) in [6.07, 6.45) is 1.77. The second-order valence-corrected chi connectivity index (χ2v) is 6.56. The molecule has 0 spiro atoms. The molecule has 1 unspecified atom stereocenters. The number of halogens is 1. The Morgan fingerprint density at radius 2 is 2.14 bits per heavy atom. The fourth-order valence-corrected chi connectivity index (χ4v) is 3.59. The van der Waals surface area contributed by atoms with Crippen LogP contribution < -0.4 is 10.9 Å². The Kier molecular flexibility index (Phi) is 4.12. The molecule has 0 fully saturated rings. The molecule has 1 amide bonds. The quantitative estimate of drug-likeness (QED) is 0.849. The molecular weight excluding hydrogens is 354 g/mol. The normalized spacial score (nSPS) is 16.5. The summed E-state index contributed by atoms with van der Waals surface area (Å²) in [6, 6.07) is 8.67. The molecule has 1 aliphatic heterocycles. The van der Waals surface area contributed by atoms with Crippen molar-refractivity contribution in [1.29, 1.82) is 0 Å². The molecule has 0 saturated heterocycles. The first-order valence-corrected chi connectivity index (χ1v) is 8.17. The molecule has 5 nitrogen and oxygen atoms in total. The Balaban J connectivity index is 1.70. The lowest BCUT2D eigenvalue weighted by Gasteiger charge is -2.12. The van der Waals surface area contributed by atoms with E-state index < -0.39 is 0 Å². The van der Waals surface area contributed by atoms with Crippen molar-refractivity contribution in [3.8, 4) is 0 Å². The van der Waals surface area contributed by atoms with Gasteiger partial charge in [0.15, 0.2) is 5.16 Å². The van der Waals surface area contributed by atoms with Gasteiger partial charge in [-0.2, -0.15) is 0 Å². The van der Waals surface area contributed by atoms with E-state index >= 15 is 0 Å². The first-order chi connectivity index (χ1) is 10.1. The van der Waals surface area contributed by atoms with Crippen molar-refractivity contribution in [2.75, 3.05) is 11.1 Å². The van der Waals surface area contributed by atoms with E-state index in [4.69, 9.17) is 0 Å². The third kappa shape index (κ3) is 3.19. The lowest BCUT2D eigenvalue weighted by molar-refractivity contribution is -0.116. The van der Waals surface area contributed by atoms with Crippen LogP contribution in [0.4, 0.5) is 5.69 Å². The van der Waals surface area contributed by atoms with Gasteiger partial charge >= 0.3 is 0 Å². The third-order valence-electron chi connectivity index (χ3n) is 3.16. The second kappa shape index (κ2) is 6.03. The van der Waals surface area contributed by atoms with Crippen LogP contribution in [-0.4, -0.2) is 21.2 Å². The van der Waals surface area contributed by atoms with E-state index in [9.17, 15) is 9.59 Å². The van der Waals surface area contributed by atoms with Crippen LogP contribution in [0.15, 0.2) is 51.0 Å². The maximum Gasteiger partial charge on any atom is 0.254 e. The molecule has 3 rings (SSSR count). The standard InChI is InChI=1S/C14H12BrN3O2S/c15-9-1-3-10(4-2-9)17-12(19)7-11-8-21-14-16-6-5-13(20)18(11)14/h1-6,11H,7-8H2,(H,17,19). The molecule has 1 atom stereocenters. The Hall–Kier alpha value is -1.60. The average Bonchev–Trinajstić information content (AvgIpc) is 2.86. The first-order valence-electron chi connectivity index (χ1n) is 6.39. The number of carbonyl (C=O) groups excluding carboxylic acids is 1. The number of amides is 1. The Morgan fingerprint density at radius 3 is 2.90 bits per heavy atom. The van der Waals surface area contributed by atoms with Crippen molar-refractivity contribution in [2.45, 2.75) is 17.6 Å². The van der Waals surface area contributed by atoms with Gasteiger partial charge in [-0.1, -0.05) is 27.7 Å². The highest BCUT2D eigenvalue weighted by Gasteiger charge is 2.26. The fraction of sp³-hybridized carbons (Fsp3) is 0.214. The molecule has 0 bridgehead atoms. The van der Waals surface area contributed by atoms with Crippen molar-refractivity contribution in [3.05, 3.63) is 51.4 Å². The molecule has 2 heterocycles. The number of aromatic nitrogens is 2. The number of nitrogens with zero attached hydrogens (tertiary/aromatic N) is 2. The molecule has 0 radical (unpaired) electrons. The summed E-state index contributed by atoms with van der Waals surface area (Å²) in [5, 5.41) is 3.53. The van der Waals surface area contributed by atoms with Crippen LogP contribution in [0.1, 0.15) is 12.5 Å². The summed E-state index contributed by atoms with van der Waals surface area (Å²) >= 11 is 4.85. The molecular formula is C14H12BrN3O2S. The van der Waals surface area contributed by atoms with Crippen molar-refractivity contribution in [1.82, 2.24) is 9.55 Å². The highest BCUT2D eigenvalue weighted by Crippen LogP contribution is 2.31. The van der Waals surface area contributed by atoms with Crippen LogP contribution >= 0.6 is 27.7 Å². The largest absolute Gasteiger partial charge is 0.326 e. The molecule has 21 heavy (non-hydrogen) atoms. The number of rotatable bonds is 3. The minimum atomic E-state index is -0.137. The number of hydrogen-bond donors (Lipinski definition) is 1. The number of benzene rings is 1. The van der Waals surface area contributed by atoms with Crippen LogP contribution in [0.5, 0.6) is 0 Å². The zero-order valence-corrected chi connectivity index (χ0v) is 13.4. The van der Waals surface area contributed by atoms with Gasteiger partial charge in [0.25, 0.3) is 5.56 Å². The Bertz CT molecular complexity index is 730. The summed E-state index contributed by atoms with van der Waals surface area (Å²) in [7, 11) is 0. The molecule has 1 aromatic carbocycles. The van der Waals surface area contributed by atoms with E-state index in [0.29, 0.717) is 10.9 Å².